The lowest BCUT2D eigenvalue weighted by Gasteiger charge is -2.05. The highest BCUT2D eigenvalue weighted by atomic mass is 35.5. The molecule has 0 N–H and O–H groups in total. The van der Waals surface area contributed by atoms with Crippen LogP contribution in [0, 0.1) is 13.8 Å². The maximum Gasteiger partial charge on any atom is 0.186 e. The van der Waals surface area contributed by atoms with Crippen LogP contribution in [0.25, 0.3) is 22.7 Å². The Hall–Kier alpha value is -2.63. The van der Waals surface area contributed by atoms with Crippen LogP contribution in [-0.2, 0) is 6.61 Å². The monoisotopic (exact) mass is 396 g/mol. The first-order chi connectivity index (χ1) is 13.1. The number of halogens is 1. The minimum atomic E-state index is 0.354. The Balaban J connectivity index is 1.49. The summed E-state index contributed by atoms with van der Waals surface area (Å²) < 4.78 is 11.2. The summed E-state index contributed by atoms with van der Waals surface area (Å²) in [6, 6.07) is 15.6. The van der Waals surface area contributed by atoms with Gasteiger partial charge in [-0.2, -0.15) is 0 Å². The zero-order valence-corrected chi connectivity index (χ0v) is 16.5. The molecule has 4 aromatic rings. The molecule has 0 amide bonds. The fraction of sp³-hybridized carbons (Fsp3) is 0.143. The van der Waals surface area contributed by atoms with Crippen LogP contribution in [0.4, 0.5) is 0 Å². The van der Waals surface area contributed by atoms with Crippen LogP contribution >= 0.6 is 22.9 Å². The number of nitrogens with zero attached hydrogens (tertiary/aromatic N) is 2. The summed E-state index contributed by atoms with van der Waals surface area (Å²) in [5.74, 6) is 1.29. The van der Waals surface area contributed by atoms with Crippen molar-refractivity contribution in [3.05, 3.63) is 75.1 Å². The summed E-state index contributed by atoms with van der Waals surface area (Å²) >= 11 is 7.62. The Labute approximate surface area is 166 Å². The molecule has 2 heterocycles. The zero-order chi connectivity index (χ0) is 18.8. The first kappa shape index (κ1) is 17.8. The number of hydrogen-bond donors (Lipinski definition) is 0. The van der Waals surface area contributed by atoms with Crippen molar-refractivity contribution in [2.45, 2.75) is 20.5 Å². The molecule has 2 aromatic carbocycles. The van der Waals surface area contributed by atoms with Crippen molar-refractivity contribution in [3.8, 4) is 28.5 Å². The van der Waals surface area contributed by atoms with Crippen LogP contribution in [-0.4, -0.2) is 10.1 Å². The van der Waals surface area contributed by atoms with Gasteiger partial charge in [-0.3, -0.25) is 0 Å². The zero-order valence-electron chi connectivity index (χ0n) is 14.9. The van der Waals surface area contributed by atoms with E-state index >= 15 is 0 Å². The molecule has 0 fully saturated rings. The van der Waals surface area contributed by atoms with Crippen molar-refractivity contribution in [1.82, 2.24) is 10.1 Å². The van der Waals surface area contributed by atoms with Crippen molar-refractivity contribution >= 4 is 22.9 Å². The fourth-order valence-electron chi connectivity index (χ4n) is 2.62. The van der Waals surface area contributed by atoms with E-state index in [-0.39, 0.29) is 0 Å². The number of para-hydroxylation sites is 1. The van der Waals surface area contributed by atoms with Crippen molar-refractivity contribution < 1.29 is 9.26 Å². The third-order valence-electron chi connectivity index (χ3n) is 4.30. The Kier molecular flexibility index (Phi) is 4.97. The van der Waals surface area contributed by atoms with Crippen molar-refractivity contribution in [3.63, 3.8) is 0 Å². The quantitative estimate of drug-likeness (QED) is 0.396. The van der Waals surface area contributed by atoms with Crippen molar-refractivity contribution in [1.29, 1.82) is 0 Å². The van der Waals surface area contributed by atoms with E-state index in [4.69, 9.17) is 20.9 Å². The fourth-order valence-corrected chi connectivity index (χ4v) is 3.51. The highest BCUT2D eigenvalue weighted by Crippen LogP contribution is 2.29. The van der Waals surface area contributed by atoms with E-state index < -0.39 is 0 Å². The molecule has 0 unspecified atom stereocenters. The first-order valence-corrected chi connectivity index (χ1v) is 9.72. The van der Waals surface area contributed by atoms with Gasteiger partial charge in [-0.15, -0.1) is 11.3 Å². The maximum absolute atomic E-state index is 6.11. The molecular weight excluding hydrogens is 380 g/mol. The van der Waals surface area contributed by atoms with E-state index in [1.165, 1.54) is 22.5 Å². The summed E-state index contributed by atoms with van der Waals surface area (Å²) in [5.41, 5.74) is 5.07. The molecule has 27 heavy (non-hydrogen) atoms. The van der Waals surface area contributed by atoms with Gasteiger partial charge in [0.2, 0.25) is 0 Å². The van der Waals surface area contributed by atoms with Gasteiger partial charge in [0, 0.05) is 17.0 Å². The molecule has 0 aliphatic carbocycles. The highest BCUT2D eigenvalue weighted by Gasteiger charge is 2.13. The van der Waals surface area contributed by atoms with E-state index in [1.54, 1.807) is 6.07 Å². The second-order valence-corrected chi connectivity index (χ2v) is 7.57. The SMILES string of the molecule is Cc1ccc(-c2cc(-c3csc(COc4ccccc4Cl)n3)on2)cc1C. The number of ether oxygens (including phenoxy) is 1. The van der Waals surface area contributed by atoms with Gasteiger partial charge < -0.3 is 9.26 Å². The van der Waals surface area contributed by atoms with Crippen LogP contribution in [0.3, 0.4) is 0 Å². The Bertz CT molecular complexity index is 1090. The molecule has 0 spiro atoms. The van der Waals surface area contributed by atoms with Gasteiger partial charge in [0.1, 0.15) is 28.8 Å². The van der Waals surface area contributed by atoms with Crippen LogP contribution in [0.15, 0.2) is 58.4 Å². The van der Waals surface area contributed by atoms with E-state index in [1.807, 2.05) is 35.7 Å². The van der Waals surface area contributed by atoms with Gasteiger partial charge in [-0.1, -0.05) is 41.0 Å². The number of benzene rings is 2. The van der Waals surface area contributed by atoms with Gasteiger partial charge >= 0.3 is 0 Å². The van der Waals surface area contributed by atoms with Gasteiger partial charge in [-0.05, 0) is 43.2 Å². The standard InChI is InChI=1S/C21H17ClN2O2S/c1-13-7-8-15(9-14(13)2)17-10-20(26-24-17)18-12-27-21(23-18)11-25-19-6-4-3-5-16(19)22/h3-10,12H,11H2,1-2H3. The molecule has 2 aromatic heterocycles. The Morgan fingerprint density at radius 3 is 2.70 bits per heavy atom. The average Bonchev–Trinajstić information content (AvgIpc) is 3.32. The molecule has 0 saturated carbocycles. The molecule has 0 bridgehead atoms. The van der Waals surface area contributed by atoms with Crippen molar-refractivity contribution in [2.75, 3.05) is 0 Å². The van der Waals surface area contributed by atoms with Gasteiger partial charge in [0.15, 0.2) is 5.76 Å². The Morgan fingerprint density at radius 2 is 1.89 bits per heavy atom. The van der Waals surface area contributed by atoms with Crippen LogP contribution < -0.4 is 4.74 Å². The minimum absolute atomic E-state index is 0.354. The second kappa shape index (κ2) is 7.55. The number of thiazole rings is 1. The molecule has 6 heteroatoms. The summed E-state index contributed by atoms with van der Waals surface area (Å²) in [6.07, 6.45) is 0. The summed E-state index contributed by atoms with van der Waals surface area (Å²) in [5, 5.41) is 7.56. The second-order valence-electron chi connectivity index (χ2n) is 6.22. The molecule has 0 aliphatic rings. The molecule has 0 radical (unpaired) electrons. The number of hydrogen-bond acceptors (Lipinski definition) is 5. The van der Waals surface area contributed by atoms with Crippen LogP contribution in [0.2, 0.25) is 5.02 Å². The number of rotatable bonds is 5. The third kappa shape index (κ3) is 3.89. The predicted molar refractivity (Wildman–Crippen MR) is 108 cm³/mol. The van der Waals surface area contributed by atoms with Crippen LogP contribution in [0.1, 0.15) is 16.1 Å². The first-order valence-electron chi connectivity index (χ1n) is 8.46. The molecule has 4 rings (SSSR count). The summed E-state index contributed by atoms with van der Waals surface area (Å²) in [6.45, 7) is 4.53. The van der Waals surface area contributed by atoms with Crippen molar-refractivity contribution in [2.24, 2.45) is 0 Å². The normalized spacial score (nSPS) is 10.9. The average molecular weight is 397 g/mol. The van der Waals surface area contributed by atoms with E-state index in [0.29, 0.717) is 23.1 Å². The lowest BCUT2D eigenvalue weighted by molar-refractivity contribution is 0.306. The minimum Gasteiger partial charge on any atom is -0.485 e. The maximum atomic E-state index is 6.11. The molecule has 0 atom stereocenters. The lowest BCUT2D eigenvalue weighted by Crippen LogP contribution is -1.95. The molecule has 0 saturated heterocycles. The van der Waals surface area contributed by atoms with Gasteiger partial charge in [-0.25, -0.2) is 4.98 Å². The summed E-state index contributed by atoms with van der Waals surface area (Å²) in [7, 11) is 0. The van der Waals surface area contributed by atoms with E-state index in [2.05, 4.69) is 36.1 Å². The smallest absolute Gasteiger partial charge is 0.186 e. The lowest BCUT2D eigenvalue weighted by atomic mass is 10.0. The third-order valence-corrected chi connectivity index (χ3v) is 5.44. The predicted octanol–water partition coefficient (Wildman–Crippen LogP) is 6.31. The highest BCUT2D eigenvalue weighted by molar-refractivity contribution is 7.09. The largest absolute Gasteiger partial charge is 0.485 e. The molecular formula is C21H17ClN2O2S. The molecule has 136 valence electrons. The number of aryl methyl sites for hydroxylation is 2. The molecule has 0 aliphatic heterocycles. The Morgan fingerprint density at radius 1 is 1.04 bits per heavy atom. The van der Waals surface area contributed by atoms with E-state index in [9.17, 15) is 0 Å². The van der Waals surface area contributed by atoms with Gasteiger partial charge in [0.25, 0.3) is 0 Å². The molecule has 4 nitrogen and oxygen atoms in total. The topological polar surface area (TPSA) is 48.2 Å². The number of aromatic nitrogens is 2. The van der Waals surface area contributed by atoms with Gasteiger partial charge in [0.05, 0.1) is 5.02 Å². The summed E-state index contributed by atoms with van der Waals surface area (Å²) in [4.78, 5) is 4.58. The van der Waals surface area contributed by atoms with Crippen LogP contribution in [0.5, 0.6) is 5.75 Å². The van der Waals surface area contributed by atoms with E-state index in [0.717, 1.165) is 22.0 Å².